The molecular weight excluding hydrogens is 773 g/mol. The van der Waals surface area contributed by atoms with Crippen LogP contribution in [0.4, 0.5) is 17.1 Å². The molecule has 0 spiro atoms. The number of hydrogen-bond acceptors (Lipinski definition) is 1. The van der Waals surface area contributed by atoms with E-state index in [0.29, 0.717) is 0 Å². The van der Waals surface area contributed by atoms with Crippen molar-refractivity contribution in [1.82, 2.24) is 4.57 Å². The van der Waals surface area contributed by atoms with Gasteiger partial charge in [0, 0.05) is 33.5 Å². The molecule has 298 valence electrons. The topological polar surface area (TPSA) is 8.17 Å². The van der Waals surface area contributed by atoms with E-state index < -0.39 is 0 Å². The predicted molar refractivity (Wildman–Crippen MR) is 271 cm³/mol. The standard InChI is InChI=1S/C62H40N2/c1-3-14-41(15-4-1)43-26-30-50(31-27-43)63(53-35-47-20-13-24-57-54-21-9-10-22-55(54)59(40-53)62(47)57)51-32-28-44(29-33-51)49-34-48(42-16-5-2-6-17-42)36-52(37-49)64-60-25-12-11-23-56(60)58-38-45-18-7-8-19-46(45)39-61(58)64/h1-40H. The molecule has 1 aliphatic rings. The minimum absolute atomic E-state index is 1.10. The van der Waals surface area contributed by atoms with Crippen LogP contribution in [-0.4, -0.2) is 4.57 Å². The van der Waals surface area contributed by atoms with Crippen molar-refractivity contribution in [2.24, 2.45) is 0 Å². The molecule has 0 atom stereocenters. The lowest BCUT2D eigenvalue weighted by Gasteiger charge is -2.27. The van der Waals surface area contributed by atoms with Crippen molar-refractivity contribution in [3.05, 3.63) is 243 Å². The summed E-state index contributed by atoms with van der Waals surface area (Å²) in [7, 11) is 0. The molecule has 64 heavy (non-hydrogen) atoms. The van der Waals surface area contributed by atoms with Crippen LogP contribution in [0, 0.1) is 0 Å². The summed E-state index contributed by atoms with van der Waals surface area (Å²) in [5, 5.41) is 7.57. The first-order valence-corrected chi connectivity index (χ1v) is 22.1. The van der Waals surface area contributed by atoms with Gasteiger partial charge in [0.2, 0.25) is 0 Å². The summed E-state index contributed by atoms with van der Waals surface area (Å²) in [6.07, 6.45) is 0. The quantitative estimate of drug-likeness (QED) is 0.156. The van der Waals surface area contributed by atoms with Crippen LogP contribution in [0.25, 0.3) is 105 Å². The Morgan fingerprint density at radius 1 is 0.266 bits per heavy atom. The van der Waals surface area contributed by atoms with E-state index in [9.17, 15) is 0 Å². The second-order valence-electron chi connectivity index (χ2n) is 16.9. The molecule has 11 aromatic carbocycles. The van der Waals surface area contributed by atoms with E-state index in [1.54, 1.807) is 0 Å². The Morgan fingerprint density at radius 2 is 0.781 bits per heavy atom. The highest BCUT2D eigenvalue weighted by Gasteiger charge is 2.24. The molecule has 1 heterocycles. The van der Waals surface area contributed by atoms with Crippen LogP contribution in [0.5, 0.6) is 0 Å². The van der Waals surface area contributed by atoms with Crippen molar-refractivity contribution in [1.29, 1.82) is 0 Å². The van der Waals surface area contributed by atoms with E-state index in [1.807, 2.05) is 0 Å². The molecule has 0 N–H and O–H groups in total. The van der Waals surface area contributed by atoms with E-state index in [0.717, 1.165) is 33.9 Å². The Balaban J connectivity index is 0.975. The summed E-state index contributed by atoms with van der Waals surface area (Å²) in [5.74, 6) is 0. The lowest BCUT2D eigenvalue weighted by Crippen LogP contribution is -2.10. The third-order valence-electron chi connectivity index (χ3n) is 13.2. The first-order chi connectivity index (χ1) is 31.7. The zero-order chi connectivity index (χ0) is 42.1. The van der Waals surface area contributed by atoms with Gasteiger partial charge in [-0.25, -0.2) is 0 Å². The summed E-state index contributed by atoms with van der Waals surface area (Å²) < 4.78 is 2.45. The monoisotopic (exact) mass is 812 g/mol. The molecular formula is C62H40N2. The van der Waals surface area contributed by atoms with Crippen molar-refractivity contribution >= 4 is 60.4 Å². The largest absolute Gasteiger partial charge is 0.310 e. The molecule has 0 aliphatic heterocycles. The predicted octanol–water partition coefficient (Wildman–Crippen LogP) is 17.2. The van der Waals surface area contributed by atoms with Gasteiger partial charge in [-0.05, 0) is 150 Å². The molecule has 0 saturated carbocycles. The fourth-order valence-corrected chi connectivity index (χ4v) is 10.3. The second kappa shape index (κ2) is 14.6. The minimum atomic E-state index is 1.10. The molecule has 13 rings (SSSR count). The van der Waals surface area contributed by atoms with Gasteiger partial charge in [-0.15, -0.1) is 0 Å². The zero-order valence-corrected chi connectivity index (χ0v) is 35.0. The van der Waals surface area contributed by atoms with Crippen LogP contribution >= 0.6 is 0 Å². The Morgan fingerprint density at radius 3 is 1.47 bits per heavy atom. The highest BCUT2D eigenvalue weighted by Crippen LogP contribution is 2.50. The lowest BCUT2D eigenvalue weighted by molar-refractivity contribution is 1.18. The van der Waals surface area contributed by atoms with Crippen LogP contribution in [0.1, 0.15) is 0 Å². The number of para-hydroxylation sites is 1. The van der Waals surface area contributed by atoms with Crippen LogP contribution < -0.4 is 4.90 Å². The summed E-state index contributed by atoms with van der Waals surface area (Å²) in [5.41, 5.74) is 19.1. The highest BCUT2D eigenvalue weighted by molar-refractivity contribution is 6.17. The average Bonchev–Trinajstić information content (AvgIpc) is 3.87. The smallest absolute Gasteiger partial charge is 0.0547 e. The van der Waals surface area contributed by atoms with Crippen LogP contribution in [-0.2, 0) is 0 Å². The van der Waals surface area contributed by atoms with Gasteiger partial charge in [-0.1, -0.05) is 170 Å². The Bertz CT molecular complexity index is 3750. The van der Waals surface area contributed by atoms with Crippen molar-refractivity contribution < 1.29 is 0 Å². The van der Waals surface area contributed by atoms with E-state index in [1.165, 1.54) is 87.9 Å². The Kier molecular flexibility index (Phi) is 8.25. The zero-order valence-electron chi connectivity index (χ0n) is 35.0. The van der Waals surface area contributed by atoms with E-state index in [4.69, 9.17) is 0 Å². The normalized spacial score (nSPS) is 11.8. The number of nitrogens with zero attached hydrogens (tertiary/aromatic N) is 2. The van der Waals surface area contributed by atoms with Crippen LogP contribution in [0.3, 0.4) is 0 Å². The molecule has 1 aromatic heterocycles. The average molecular weight is 813 g/mol. The van der Waals surface area contributed by atoms with Gasteiger partial charge >= 0.3 is 0 Å². The molecule has 0 fully saturated rings. The van der Waals surface area contributed by atoms with Gasteiger partial charge in [0.25, 0.3) is 0 Å². The Labute approximate surface area is 372 Å². The van der Waals surface area contributed by atoms with Crippen LogP contribution in [0.15, 0.2) is 243 Å². The number of hydrogen-bond donors (Lipinski definition) is 0. The summed E-state index contributed by atoms with van der Waals surface area (Å²) in [4.78, 5) is 2.41. The maximum atomic E-state index is 2.45. The molecule has 12 aromatic rings. The fourth-order valence-electron chi connectivity index (χ4n) is 10.3. The third kappa shape index (κ3) is 5.88. The van der Waals surface area contributed by atoms with Crippen molar-refractivity contribution in [2.75, 3.05) is 4.90 Å². The second-order valence-corrected chi connectivity index (χ2v) is 16.9. The molecule has 0 saturated heterocycles. The lowest BCUT2D eigenvalue weighted by atomic mass is 9.97. The SMILES string of the molecule is c1ccc(-c2ccc(N(c3ccc(-c4cc(-c5ccccc5)cc(-n5c6ccccc6c6cc7ccccc7cc65)c4)cc3)c3cc4c5c(cccc5c3)-c3ccccc3-4)cc2)cc1. The van der Waals surface area contributed by atoms with Gasteiger partial charge in [-0.3, -0.25) is 0 Å². The first-order valence-electron chi connectivity index (χ1n) is 22.1. The fraction of sp³-hybridized carbons (Fsp3) is 0. The van der Waals surface area contributed by atoms with Gasteiger partial charge in [0.05, 0.1) is 11.0 Å². The maximum absolute atomic E-state index is 2.45. The molecule has 1 aliphatic carbocycles. The van der Waals surface area contributed by atoms with Crippen molar-refractivity contribution in [3.63, 3.8) is 0 Å². The number of fused-ring (bicyclic) bond motifs is 7. The summed E-state index contributed by atoms with van der Waals surface area (Å²) >= 11 is 0. The number of aromatic nitrogens is 1. The van der Waals surface area contributed by atoms with Crippen LogP contribution in [0.2, 0.25) is 0 Å². The number of benzene rings is 11. The number of rotatable bonds is 7. The summed E-state index contributed by atoms with van der Waals surface area (Å²) in [6, 6.07) is 89.1. The third-order valence-corrected chi connectivity index (χ3v) is 13.2. The molecule has 0 unspecified atom stereocenters. The molecule has 0 radical (unpaired) electrons. The van der Waals surface area contributed by atoms with Gasteiger partial charge in [0.1, 0.15) is 0 Å². The van der Waals surface area contributed by atoms with Crippen molar-refractivity contribution in [3.8, 4) is 61.3 Å². The highest BCUT2D eigenvalue weighted by atomic mass is 15.1. The molecule has 0 bridgehead atoms. The number of anilines is 3. The van der Waals surface area contributed by atoms with E-state index in [-0.39, 0.29) is 0 Å². The molecule has 0 amide bonds. The van der Waals surface area contributed by atoms with Gasteiger partial charge < -0.3 is 9.47 Å². The first kappa shape index (κ1) is 36.2. The van der Waals surface area contributed by atoms with E-state index in [2.05, 4.69) is 252 Å². The Hall–Kier alpha value is -8.46. The maximum Gasteiger partial charge on any atom is 0.0547 e. The molecule has 2 heteroatoms. The van der Waals surface area contributed by atoms with Gasteiger partial charge in [-0.2, -0.15) is 0 Å². The minimum Gasteiger partial charge on any atom is -0.310 e. The van der Waals surface area contributed by atoms with E-state index >= 15 is 0 Å². The van der Waals surface area contributed by atoms with Crippen molar-refractivity contribution in [2.45, 2.75) is 0 Å². The van der Waals surface area contributed by atoms with Gasteiger partial charge in [0.15, 0.2) is 0 Å². The molecule has 2 nitrogen and oxygen atoms in total. The summed E-state index contributed by atoms with van der Waals surface area (Å²) in [6.45, 7) is 0.